The standard InChI is InChI=1S/C16H19N3OS.ClH/c1-11-4-2-3-5-13(11)14-10-21-16(18-14)19-15(20)9-17-8-12-6-7-12;/h2-5,10,12,17H,6-9H2,1H3,(H,18,19,20);1H. The molecule has 1 aromatic carbocycles. The molecule has 1 aromatic heterocycles. The Kier molecular flexibility index (Phi) is 5.94. The number of carbonyl (C=O) groups excluding carboxylic acids is 1. The van der Waals surface area contributed by atoms with E-state index in [0.717, 1.165) is 23.7 Å². The zero-order valence-electron chi connectivity index (χ0n) is 12.5. The van der Waals surface area contributed by atoms with Crippen LogP contribution in [0, 0.1) is 12.8 Å². The first-order valence-electron chi connectivity index (χ1n) is 7.24. The van der Waals surface area contributed by atoms with Gasteiger partial charge >= 0.3 is 0 Å². The van der Waals surface area contributed by atoms with E-state index in [2.05, 4.69) is 28.6 Å². The van der Waals surface area contributed by atoms with Crippen LogP contribution in [-0.4, -0.2) is 24.0 Å². The van der Waals surface area contributed by atoms with Crippen molar-refractivity contribution in [1.82, 2.24) is 10.3 Å². The Balaban J connectivity index is 0.00000176. The molecule has 3 rings (SSSR count). The molecule has 0 unspecified atom stereocenters. The average Bonchev–Trinajstić information content (AvgIpc) is 3.18. The Morgan fingerprint density at radius 3 is 2.86 bits per heavy atom. The summed E-state index contributed by atoms with van der Waals surface area (Å²) in [6.45, 7) is 3.37. The Bertz CT molecular complexity index is 640. The summed E-state index contributed by atoms with van der Waals surface area (Å²) < 4.78 is 0. The predicted molar refractivity (Wildman–Crippen MR) is 93.8 cm³/mol. The number of amides is 1. The summed E-state index contributed by atoms with van der Waals surface area (Å²) in [5.74, 6) is 0.756. The molecule has 6 heteroatoms. The Hall–Kier alpha value is -1.43. The third-order valence-electron chi connectivity index (χ3n) is 3.59. The maximum absolute atomic E-state index is 11.8. The van der Waals surface area contributed by atoms with E-state index >= 15 is 0 Å². The maximum Gasteiger partial charge on any atom is 0.240 e. The molecule has 1 heterocycles. The first-order chi connectivity index (χ1) is 10.2. The minimum absolute atomic E-state index is 0. The molecule has 0 atom stereocenters. The second-order valence-electron chi connectivity index (χ2n) is 5.48. The van der Waals surface area contributed by atoms with Gasteiger partial charge in [-0.05, 0) is 37.8 Å². The summed E-state index contributed by atoms with van der Waals surface area (Å²) in [4.78, 5) is 16.3. The Labute approximate surface area is 140 Å². The lowest BCUT2D eigenvalue weighted by Crippen LogP contribution is -2.29. The second kappa shape index (κ2) is 7.72. The van der Waals surface area contributed by atoms with E-state index in [-0.39, 0.29) is 18.3 Å². The van der Waals surface area contributed by atoms with E-state index in [9.17, 15) is 4.79 Å². The molecule has 1 aliphatic carbocycles. The molecule has 4 nitrogen and oxygen atoms in total. The smallest absolute Gasteiger partial charge is 0.240 e. The van der Waals surface area contributed by atoms with Gasteiger partial charge in [0.1, 0.15) is 0 Å². The third kappa shape index (κ3) is 4.53. The van der Waals surface area contributed by atoms with Crippen molar-refractivity contribution in [3.05, 3.63) is 35.2 Å². The van der Waals surface area contributed by atoms with E-state index in [4.69, 9.17) is 0 Å². The van der Waals surface area contributed by atoms with Crippen molar-refractivity contribution in [2.75, 3.05) is 18.4 Å². The number of aromatic nitrogens is 1. The van der Waals surface area contributed by atoms with Crippen molar-refractivity contribution in [3.8, 4) is 11.3 Å². The molecular formula is C16H20ClN3OS. The number of thiazole rings is 1. The molecule has 2 aromatic rings. The molecule has 0 spiro atoms. The molecule has 22 heavy (non-hydrogen) atoms. The zero-order valence-corrected chi connectivity index (χ0v) is 14.1. The number of nitrogens with zero attached hydrogens (tertiary/aromatic N) is 1. The van der Waals surface area contributed by atoms with Crippen molar-refractivity contribution in [1.29, 1.82) is 0 Å². The Morgan fingerprint density at radius 2 is 2.14 bits per heavy atom. The van der Waals surface area contributed by atoms with Crippen LogP contribution in [-0.2, 0) is 4.79 Å². The fourth-order valence-corrected chi connectivity index (χ4v) is 2.92. The highest BCUT2D eigenvalue weighted by molar-refractivity contribution is 7.14. The second-order valence-corrected chi connectivity index (χ2v) is 6.33. The molecule has 0 bridgehead atoms. The molecule has 1 fully saturated rings. The fourth-order valence-electron chi connectivity index (χ4n) is 2.19. The predicted octanol–water partition coefficient (Wildman–Crippen LogP) is 3.48. The van der Waals surface area contributed by atoms with Gasteiger partial charge in [-0.25, -0.2) is 4.98 Å². The molecular weight excluding hydrogens is 318 g/mol. The Morgan fingerprint density at radius 1 is 1.36 bits per heavy atom. The van der Waals surface area contributed by atoms with Crippen molar-refractivity contribution in [2.24, 2.45) is 5.92 Å². The third-order valence-corrected chi connectivity index (χ3v) is 4.34. The topological polar surface area (TPSA) is 54.0 Å². The number of benzene rings is 1. The van der Waals surface area contributed by atoms with E-state index in [1.807, 2.05) is 23.6 Å². The van der Waals surface area contributed by atoms with Crippen LogP contribution in [0.1, 0.15) is 18.4 Å². The van der Waals surface area contributed by atoms with Crippen LogP contribution in [0.15, 0.2) is 29.6 Å². The first-order valence-corrected chi connectivity index (χ1v) is 8.12. The van der Waals surface area contributed by atoms with Crippen LogP contribution in [0.4, 0.5) is 5.13 Å². The number of nitrogens with one attached hydrogen (secondary N) is 2. The minimum Gasteiger partial charge on any atom is -0.308 e. The van der Waals surface area contributed by atoms with Crippen LogP contribution in [0.2, 0.25) is 0 Å². The van der Waals surface area contributed by atoms with Crippen LogP contribution < -0.4 is 10.6 Å². The number of hydrogen-bond acceptors (Lipinski definition) is 4. The molecule has 1 amide bonds. The van der Waals surface area contributed by atoms with Crippen LogP contribution >= 0.6 is 23.7 Å². The van der Waals surface area contributed by atoms with Crippen molar-refractivity contribution >= 4 is 34.8 Å². The number of anilines is 1. The summed E-state index contributed by atoms with van der Waals surface area (Å²) in [6.07, 6.45) is 2.59. The number of carbonyl (C=O) groups is 1. The highest BCUT2D eigenvalue weighted by Crippen LogP contribution is 2.28. The summed E-state index contributed by atoms with van der Waals surface area (Å²) in [5.41, 5.74) is 3.22. The summed E-state index contributed by atoms with van der Waals surface area (Å²) in [6, 6.07) is 8.13. The summed E-state index contributed by atoms with van der Waals surface area (Å²) in [7, 11) is 0. The lowest BCUT2D eigenvalue weighted by Gasteiger charge is -2.03. The van der Waals surface area contributed by atoms with Gasteiger partial charge in [0.25, 0.3) is 0 Å². The molecule has 0 radical (unpaired) electrons. The van der Waals surface area contributed by atoms with E-state index in [0.29, 0.717) is 11.7 Å². The van der Waals surface area contributed by atoms with E-state index < -0.39 is 0 Å². The monoisotopic (exact) mass is 337 g/mol. The molecule has 1 aliphatic rings. The van der Waals surface area contributed by atoms with Gasteiger partial charge in [-0.2, -0.15) is 0 Å². The lowest BCUT2D eigenvalue weighted by molar-refractivity contribution is -0.115. The quantitative estimate of drug-likeness (QED) is 0.848. The van der Waals surface area contributed by atoms with Gasteiger partial charge in [0.15, 0.2) is 5.13 Å². The van der Waals surface area contributed by atoms with Gasteiger partial charge in [0, 0.05) is 10.9 Å². The number of halogens is 1. The minimum atomic E-state index is -0.0265. The molecule has 2 N–H and O–H groups in total. The summed E-state index contributed by atoms with van der Waals surface area (Å²) in [5, 5.41) is 8.67. The van der Waals surface area contributed by atoms with Crippen molar-refractivity contribution < 1.29 is 4.79 Å². The van der Waals surface area contributed by atoms with Crippen LogP contribution in [0.5, 0.6) is 0 Å². The largest absolute Gasteiger partial charge is 0.308 e. The van der Waals surface area contributed by atoms with Gasteiger partial charge < -0.3 is 10.6 Å². The molecule has 1 saturated carbocycles. The van der Waals surface area contributed by atoms with Gasteiger partial charge in [0.05, 0.1) is 12.2 Å². The van der Waals surface area contributed by atoms with Crippen LogP contribution in [0.3, 0.4) is 0 Å². The van der Waals surface area contributed by atoms with Gasteiger partial charge in [-0.15, -0.1) is 23.7 Å². The number of aryl methyl sites for hydroxylation is 1. The average molecular weight is 338 g/mol. The molecule has 0 saturated heterocycles. The maximum atomic E-state index is 11.8. The van der Waals surface area contributed by atoms with Gasteiger partial charge in [-0.1, -0.05) is 24.3 Å². The highest BCUT2D eigenvalue weighted by atomic mass is 35.5. The van der Waals surface area contributed by atoms with Crippen molar-refractivity contribution in [2.45, 2.75) is 19.8 Å². The first kappa shape index (κ1) is 16.9. The zero-order chi connectivity index (χ0) is 14.7. The van der Waals surface area contributed by atoms with Crippen molar-refractivity contribution in [3.63, 3.8) is 0 Å². The normalized spacial score (nSPS) is 13.5. The number of hydrogen-bond donors (Lipinski definition) is 2. The van der Waals surface area contributed by atoms with Gasteiger partial charge in [-0.3, -0.25) is 4.79 Å². The molecule has 118 valence electrons. The van der Waals surface area contributed by atoms with E-state index in [1.54, 1.807) is 0 Å². The highest BCUT2D eigenvalue weighted by Gasteiger charge is 2.20. The fraction of sp³-hybridized carbons (Fsp3) is 0.375. The van der Waals surface area contributed by atoms with Gasteiger partial charge in [0.2, 0.25) is 5.91 Å². The van der Waals surface area contributed by atoms with Crippen LogP contribution in [0.25, 0.3) is 11.3 Å². The lowest BCUT2D eigenvalue weighted by atomic mass is 10.1. The molecule has 0 aliphatic heterocycles. The summed E-state index contributed by atoms with van der Waals surface area (Å²) >= 11 is 1.46. The SMILES string of the molecule is Cc1ccccc1-c1csc(NC(=O)CNCC2CC2)n1.Cl. The van der Waals surface area contributed by atoms with E-state index in [1.165, 1.54) is 29.7 Å². The number of rotatable bonds is 6.